The molecule has 0 aliphatic carbocycles. The SMILES string of the molecule is Cc1cccc(OCCc2cccc(Br)c2)c1. The second-order valence-corrected chi connectivity index (χ2v) is 4.96. The van der Waals surface area contributed by atoms with Crippen molar-refractivity contribution in [3.8, 4) is 5.75 Å². The van der Waals surface area contributed by atoms with Crippen molar-refractivity contribution in [1.29, 1.82) is 0 Å². The Morgan fingerprint density at radius 1 is 1.06 bits per heavy atom. The Kier molecular flexibility index (Phi) is 4.21. The summed E-state index contributed by atoms with van der Waals surface area (Å²) in [5, 5.41) is 0. The number of hydrogen-bond acceptors (Lipinski definition) is 1. The number of benzene rings is 2. The molecule has 0 unspecified atom stereocenters. The molecule has 0 radical (unpaired) electrons. The zero-order valence-corrected chi connectivity index (χ0v) is 11.4. The fourth-order valence-electron chi connectivity index (χ4n) is 1.68. The Hall–Kier alpha value is -1.28. The number of hydrogen-bond donors (Lipinski definition) is 0. The molecule has 0 spiro atoms. The van der Waals surface area contributed by atoms with Gasteiger partial charge < -0.3 is 4.74 Å². The highest BCUT2D eigenvalue weighted by atomic mass is 79.9. The van der Waals surface area contributed by atoms with Gasteiger partial charge in [0.25, 0.3) is 0 Å². The number of halogens is 1. The molecule has 0 amide bonds. The summed E-state index contributed by atoms with van der Waals surface area (Å²) in [6.45, 7) is 2.78. The van der Waals surface area contributed by atoms with Gasteiger partial charge >= 0.3 is 0 Å². The van der Waals surface area contributed by atoms with Gasteiger partial charge in [-0.3, -0.25) is 0 Å². The van der Waals surface area contributed by atoms with Crippen molar-refractivity contribution >= 4 is 15.9 Å². The van der Waals surface area contributed by atoms with E-state index in [0.717, 1.165) is 16.6 Å². The molecular formula is C15H15BrO. The standard InChI is InChI=1S/C15H15BrO/c1-12-4-2-7-15(10-12)17-9-8-13-5-3-6-14(16)11-13/h2-7,10-11H,8-9H2,1H3. The van der Waals surface area contributed by atoms with Gasteiger partial charge in [-0.25, -0.2) is 0 Å². The third-order valence-electron chi connectivity index (χ3n) is 2.54. The van der Waals surface area contributed by atoms with Crippen LogP contribution in [0.15, 0.2) is 53.0 Å². The highest BCUT2D eigenvalue weighted by Gasteiger charge is 1.96. The van der Waals surface area contributed by atoms with Gasteiger partial charge in [0, 0.05) is 10.9 Å². The molecule has 0 N–H and O–H groups in total. The number of ether oxygens (including phenoxy) is 1. The van der Waals surface area contributed by atoms with E-state index in [9.17, 15) is 0 Å². The van der Waals surface area contributed by atoms with Crippen LogP contribution < -0.4 is 4.74 Å². The maximum Gasteiger partial charge on any atom is 0.119 e. The third kappa shape index (κ3) is 3.90. The first-order chi connectivity index (χ1) is 8.24. The highest BCUT2D eigenvalue weighted by molar-refractivity contribution is 9.10. The number of rotatable bonds is 4. The zero-order valence-electron chi connectivity index (χ0n) is 9.82. The molecule has 17 heavy (non-hydrogen) atoms. The second-order valence-electron chi connectivity index (χ2n) is 4.04. The molecule has 0 fully saturated rings. The molecule has 0 saturated heterocycles. The summed E-state index contributed by atoms with van der Waals surface area (Å²) < 4.78 is 6.83. The minimum Gasteiger partial charge on any atom is -0.493 e. The van der Waals surface area contributed by atoms with Crippen LogP contribution in [0.3, 0.4) is 0 Å². The molecule has 2 rings (SSSR count). The third-order valence-corrected chi connectivity index (χ3v) is 3.03. The van der Waals surface area contributed by atoms with E-state index >= 15 is 0 Å². The zero-order chi connectivity index (χ0) is 12.1. The average Bonchev–Trinajstić information content (AvgIpc) is 2.29. The van der Waals surface area contributed by atoms with Crippen LogP contribution in [0.2, 0.25) is 0 Å². The van der Waals surface area contributed by atoms with E-state index in [1.165, 1.54) is 11.1 Å². The Morgan fingerprint density at radius 3 is 2.65 bits per heavy atom. The lowest BCUT2D eigenvalue weighted by molar-refractivity contribution is 0.322. The molecular weight excluding hydrogens is 276 g/mol. The van der Waals surface area contributed by atoms with Crippen LogP contribution in [0.4, 0.5) is 0 Å². The molecule has 1 nitrogen and oxygen atoms in total. The van der Waals surface area contributed by atoms with Gasteiger partial charge in [-0.2, -0.15) is 0 Å². The summed E-state index contributed by atoms with van der Waals surface area (Å²) in [6, 6.07) is 16.5. The fourth-order valence-corrected chi connectivity index (χ4v) is 2.13. The van der Waals surface area contributed by atoms with E-state index in [2.05, 4.69) is 47.1 Å². The molecule has 2 aromatic rings. The maximum absolute atomic E-state index is 5.72. The lowest BCUT2D eigenvalue weighted by Gasteiger charge is -2.07. The first-order valence-corrected chi connectivity index (χ1v) is 6.47. The lowest BCUT2D eigenvalue weighted by atomic mass is 10.2. The summed E-state index contributed by atoms with van der Waals surface area (Å²) in [5.41, 5.74) is 2.51. The van der Waals surface area contributed by atoms with E-state index in [1.807, 2.05) is 24.3 Å². The molecule has 0 heterocycles. The first-order valence-electron chi connectivity index (χ1n) is 5.68. The van der Waals surface area contributed by atoms with Crippen molar-refractivity contribution in [2.24, 2.45) is 0 Å². The second kappa shape index (κ2) is 5.87. The van der Waals surface area contributed by atoms with Gasteiger partial charge in [-0.1, -0.05) is 40.2 Å². The maximum atomic E-state index is 5.72. The summed E-state index contributed by atoms with van der Waals surface area (Å²) >= 11 is 3.47. The van der Waals surface area contributed by atoms with Gasteiger partial charge in [0.1, 0.15) is 5.75 Å². The van der Waals surface area contributed by atoms with E-state index in [0.29, 0.717) is 6.61 Å². The molecule has 2 aromatic carbocycles. The van der Waals surface area contributed by atoms with Crippen LogP contribution in [-0.2, 0) is 6.42 Å². The Bertz CT molecular complexity index is 448. The molecule has 88 valence electrons. The fraction of sp³-hybridized carbons (Fsp3) is 0.200. The smallest absolute Gasteiger partial charge is 0.119 e. The highest BCUT2D eigenvalue weighted by Crippen LogP contribution is 2.14. The van der Waals surface area contributed by atoms with Gasteiger partial charge in [-0.05, 0) is 42.3 Å². The van der Waals surface area contributed by atoms with Gasteiger partial charge in [0.05, 0.1) is 6.61 Å². The molecule has 2 heteroatoms. The van der Waals surface area contributed by atoms with Gasteiger partial charge in [-0.15, -0.1) is 0 Å². The van der Waals surface area contributed by atoms with Gasteiger partial charge in [0.2, 0.25) is 0 Å². The largest absolute Gasteiger partial charge is 0.493 e. The first kappa shape index (κ1) is 12.2. The van der Waals surface area contributed by atoms with Crippen molar-refractivity contribution in [1.82, 2.24) is 0 Å². The van der Waals surface area contributed by atoms with Crippen LogP contribution in [0.1, 0.15) is 11.1 Å². The van der Waals surface area contributed by atoms with Crippen molar-refractivity contribution in [3.63, 3.8) is 0 Å². The van der Waals surface area contributed by atoms with E-state index in [1.54, 1.807) is 0 Å². The summed E-state index contributed by atoms with van der Waals surface area (Å²) in [7, 11) is 0. The topological polar surface area (TPSA) is 9.23 Å². The summed E-state index contributed by atoms with van der Waals surface area (Å²) in [6.07, 6.45) is 0.924. The van der Waals surface area contributed by atoms with Crippen molar-refractivity contribution in [2.75, 3.05) is 6.61 Å². The summed E-state index contributed by atoms with van der Waals surface area (Å²) in [4.78, 5) is 0. The minimum absolute atomic E-state index is 0.708. The molecule has 0 bridgehead atoms. The quantitative estimate of drug-likeness (QED) is 0.812. The van der Waals surface area contributed by atoms with Crippen LogP contribution in [-0.4, -0.2) is 6.61 Å². The molecule has 0 aromatic heterocycles. The average molecular weight is 291 g/mol. The van der Waals surface area contributed by atoms with E-state index in [-0.39, 0.29) is 0 Å². The van der Waals surface area contributed by atoms with Crippen LogP contribution in [0.5, 0.6) is 5.75 Å². The monoisotopic (exact) mass is 290 g/mol. The molecule has 0 aliphatic heterocycles. The lowest BCUT2D eigenvalue weighted by Crippen LogP contribution is -2.01. The van der Waals surface area contributed by atoms with Gasteiger partial charge in [0.15, 0.2) is 0 Å². The minimum atomic E-state index is 0.708. The summed E-state index contributed by atoms with van der Waals surface area (Å²) in [5.74, 6) is 0.944. The van der Waals surface area contributed by atoms with Crippen LogP contribution >= 0.6 is 15.9 Å². The van der Waals surface area contributed by atoms with Crippen LogP contribution in [0.25, 0.3) is 0 Å². The van der Waals surface area contributed by atoms with E-state index in [4.69, 9.17) is 4.74 Å². The van der Waals surface area contributed by atoms with Crippen LogP contribution in [0, 0.1) is 6.92 Å². The Labute approximate surface area is 111 Å². The number of aryl methyl sites for hydroxylation is 1. The van der Waals surface area contributed by atoms with Crippen molar-refractivity contribution < 1.29 is 4.74 Å². The van der Waals surface area contributed by atoms with E-state index < -0.39 is 0 Å². The Balaban J connectivity index is 1.87. The molecule has 0 saturated carbocycles. The normalized spacial score (nSPS) is 10.2. The van der Waals surface area contributed by atoms with Crippen molar-refractivity contribution in [3.05, 3.63) is 64.1 Å². The van der Waals surface area contributed by atoms with Crippen molar-refractivity contribution in [2.45, 2.75) is 13.3 Å². The predicted octanol–water partition coefficient (Wildman–Crippen LogP) is 4.38. The predicted molar refractivity (Wildman–Crippen MR) is 74.5 cm³/mol. The molecule has 0 atom stereocenters. The molecule has 0 aliphatic rings. The Morgan fingerprint density at radius 2 is 1.88 bits per heavy atom.